The molecule has 0 aromatic rings. The largest absolute Gasteiger partial charge is 0.384 e. The van der Waals surface area contributed by atoms with Crippen molar-refractivity contribution in [2.24, 2.45) is 5.41 Å². The molecule has 3 nitrogen and oxygen atoms in total. The average molecular weight is 223 g/mol. The molecule has 1 aliphatic carbocycles. The van der Waals surface area contributed by atoms with Crippen LogP contribution >= 0.6 is 0 Å². The molecule has 0 amide bonds. The van der Waals surface area contributed by atoms with Gasteiger partial charge in [-0.3, -0.25) is 9.69 Å². The van der Waals surface area contributed by atoms with Crippen molar-refractivity contribution < 1.29 is 9.53 Å². The van der Waals surface area contributed by atoms with Gasteiger partial charge in [0.05, 0.1) is 6.61 Å². The number of carbonyl (C=O) groups excluding carboxylic acids is 1. The first-order valence-electron chi connectivity index (χ1n) is 6.49. The maximum atomic E-state index is 11.5. The van der Waals surface area contributed by atoms with E-state index in [0.29, 0.717) is 23.3 Å². The fourth-order valence-electron chi connectivity index (χ4n) is 3.54. The first kappa shape index (κ1) is 10.7. The van der Waals surface area contributed by atoms with Crippen molar-refractivity contribution in [2.45, 2.75) is 50.6 Å². The van der Waals surface area contributed by atoms with Crippen molar-refractivity contribution >= 4 is 5.78 Å². The van der Waals surface area contributed by atoms with Crippen LogP contribution in [0, 0.1) is 5.41 Å². The molecule has 3 aliphatic rings. The van der Waals surface area contributed by atoms with Crippen molar-refractivity contribution in [3.05, 3.63) is 0 Å². The number of piperidine rings is 1. The highest BCUT2D eigenvalue weighted by Crippen LogP contribution is 2.49. The zero-order valence-corrected chi connectivity index (χ0v) is 10.1. The van der Waals surface area contributed by atoms with E-state index in [9.17, 15) is 4.79 Å². The zero-order chi connectivity index (χ0) is 11.2. The number of hydrogen-bond donors (Lipinski definition) is 0. The highest BCUT2D eigenvalue weighted by molar-refractivity contribution is 5.80. The Morgan fingerprint density at radius 1 is 1.31 bits per heavy atom. The van der Waals surface area contributed by atoms with Crippen LogP contribution in [0.5, 0.6) is 0 Å². The summed E-state index contributed by atoms with van der Waals surface area (Å²) in [5.41, 5.74) is 0.440. The Hall–Kier alpha value is -0.410. The monoisotopic (exact) mass is 223 g/mol. The van der Waals surface area contributed by atoms with Crippen LogP contribution < -0.4 is 0 Å². The van der Waals surface area contributed by atoms with Crippen molar-refractivity contribution in [3.8, 4) is 0 Å². The number of rotatable bonds is 4. The molecule has 2 aliphatic heterocycles. The molecule has 2 bridgehead atoms. The van der Waals surface area contributed by atoms with Crippen molar-refractivity contribution in [2.75, 3.05) is 20.3 Å². The molecule has 2 saturated heterocycles. The van der Waals surface area contributed by atoms with Crippen molar-refractivity contribution in [1.82, 2.24) is 4.90 Å². The van der Waals surface area contributed by atoms with Gasteiger partial charge < -0.3 is 4.74 Å². The normalized spacial score (nSPS) is 36.7. The van der Waals surface area contributed by atoms with Gasteiger partial charge in [-0.15, -0.1) is 0 Å². The summed E-state index contributed by atoms with van der Waals surface area (Å²) in [6, 6.07) is 1.11. The third-order valence-electron chi connectivity index (χ3n) is 4.62. The van der Waals surface area contributed by atoms with E-state index in [1.807, 2.05) is 0 Å². The zero-order valence-electron chi connectivity index (χ0n) is 10.1. The number of ketones is 1. The summed E-state index contributed by atoms with van der Waals surface area (Å²) in [5, 5.41) is 0. The molecule has 3 fully saturated rings. The van der Waals surface area contributed by atoms with E-state index in [1.165, 1.54) is 32.2 Å². The van der Waals surface area contributed by atoms with Crippen LogP contribution in [0.3, 0.4) is 0 Å². The number of carbonyl (C=O) groups is 1. The van der Waals surface area contributed by atoms with E-state index in [2.05, 4.69) is 4.90 Å². The third kappa shape index (κ3) is 1.80. The maximum absolute atomic E-state index is 11.5. The molecule has 0 aromatic heterocycles. The number of fused-ring (bicyclic) bond motifs is 2. The highest BCUT2D eigenvalue weighted by Gasteiger charge is 2.49. The average Bonchev–Trinajstić information content (AvgIpc) is 2.94. The fourth-order valence-corrected chi connectivity index (χ4v) is 3.54. The van der Waals surface area contributed by atoms with Gasteiger partial charge in [-0.2, -0.15) is 0 Å². The van der Waals surface area contributed by atoms with Gasteiger partial charge >= 0.3 is 0 Å². The Balaban J connectivity index is 1.66. The summed E-state index contributed by atoms with van der Waals surface area (Å²) < 4.78 is 5.33. The van der Waals surface area contributed by atoms with Gasteiger partial charge in [0.1, 0.15) is 5.78 Å². The van der Waals surface area contributed by atoms with Gasteiger partial charge in [-0.25, -0.2) is 0 Å². The van der Waals surface area contributed by atoms with Crippen LogP contribution in [0.15, 0.2) is 0 Å². The Bertz CT molecular complexity index is 282. The minimum Gasteiger partial charge on any atom is -0.384 e. The Morgan fingerprint density at radius 3 is 2.44 bits per heavy atom. The Labute approximate surface area is 97.1 Å². The molecule has 0 spiro atoms. The van der Waals surface area contributed by atoms with Crippen LogP contribution in [-0.2, 0) is 9.53 Å². The van der Waals surface area contributed by atoms with Crippen molar-refractivity contribution in [1.29, 1.82) is 0 Å². The summed E-state index contributed by atoms with van der Waals surface area (Å²) in [7, 11) is 1.80. The molecule has 0 radical (unpaired) electrons. The first-order valence-corrected chi connectivity index (χ1v) is 6.49. The topological polar surface area (TPSA) is 29.5 Å². The lowest BCUT2D eigenvalue weighted by Gasteiger charge is -2.36. The molecule has 1 saturated carbocycles. The van der Waals surface area contributed by atoms with E-state index in [0.717, 1.165) is 19.4 Å². The van der Waals surface area contributed by atoms with Gasteiger partial charge in [0, 0.05) is 44.0 Å². The summed E-state index contributed by atoms with van der Waals surface area (Å²) >= 11 is 0. The van der Waals surface area contributed by atoms with Gasteiger partial charge in [0.2, 0.25) is 0 Å². The highest BCUT2D eigenvalue weighted by atomic mass is 16.5. The maximum Gasteiger partial charge on any atom is 0.136 e. The molecule has 2 unspecified atom stereocenters. The van der Waals surface area contributed by atoms with Crippen LogP contribution in [0.4, 0.5) is 0 Å². The van der Waals surface area contributed by atoms with Gasteiger partial charge in [-0.05, 0) is 25.7 Å². The predicted molar refractivity (Wildman–Crippen MR) is 61.3 cm³/mol. The molecule has 0 N–H and O–H groups in total. The number of hydrogen-bond acceptors (Lipinski definition) is 3. The number of nitrogens with zero attached hydrogens (tertiary/aromatic N) is 1. The molecule has 2 heterocycles. The van der Waals surface area contributed by atoms with Crippen LogP contribution in [0.25, 0.3) is 0 Å². The molecular formula is C13H21NO2. The standard InChI is InChI=1S/C13H21NO2/c1-16-9-13(4-5-13)8-14-10-2-3-11(14)7-12(15)6-10/h10-11H,2-9H2,1H3. The summed E-state index contributed by atoms with van der Waals surface area (Å²) in [6.07, 6.45) is 6.70. The fraction of sp³-hybridized carbons (Fsp3) is 0.923. The minimum absolute atomic E-state index is 0.440. The molecule has 90 valence electrons. The summed E-state index contributed by atoms with van der Waals surface area (Å²) in [4.78, 5) is 14.1. The molecule has 3 rings (SSSR count). The number of methoxy groups -OCH3 is 1. The quantitative estimate of drug-likeness (QED) is 0.725. The third-order valence-corrected chi connectivity index (χ3v) is 4.62. The SMILES string of the molecule is COCC1(CN2C3CCC2CC(=O)C3)CC1. The first-order chi connectivity index (χ1) is 7.72. The van der Waals surface area contributed by atoms with Gasteiger partial charge in [0.15, 0.2) is 0 Å². The summed E-state index contributed by atoms with van der Waals surface area (Å²) in [6.45, 7) is 2.07. The van der Waals surface area contributed by atoms with E-state index in [-0.39, 0.29) is 0 Å². The Kier molecular flexibility index (Phi) is 2.55. The van der Waals surface area contributed by atoms with Crippen molar-refractivity contribution in [3.63, 3.8) is 0 Å². The van der Waals surface area contributed by atoms with E-state index in [4.69, 9.17) is 4.74 Å². The predicted octanol–water partition coefficient (Wildman–Crippen LogP) is 1.61. The van der Waals surface area contributed by atoms with Crippen LogP contribution in [0.1, 0.15) is 38.5 Å². The lowest BCUT2D eigenvalue weighted by Crippen LogP contribution is -2.46. The number of Topliss-reactive ketones (excluding diaryl/α,β-unsaturated/α-hetero) is 1. The van der Waals surface area contributed by atoms with E-state index >= 15 is 0 Å². The molecule has 3 heteroatoms. The molecule has 0 aromatic carbocycles. The lowest BCUT2D eigenvalue weighted by atomic mass is 9.98. The van der Waals surface area contributed by atoms with Crippen LogP contribution in [0.2, 0.25) is 0 Å². The summed E-state index contributed by atoms with van der Waals surface area (Å²) in [5.74, 6) is 0.486. The van der Waals surface area contributed by atoms with Gasteiger partial charge in [0.25, 0.3) is 0 Å². The Morgan fingerprint density at radius 2 is 1.94 bits per heavy atom. The van der Waals surface area contributed by atoms with E-state index in [1.54, 1.807) is 7.11 Å². The smallest absolute Gasteiger partial charge is 0.136 e. The molecule has 2 atom stereocenters. The molecular weight excluding hydrogens is 202 g/mol. The number of ether oxygens (including phenoxy) is 1. The lowest BCUT2D eigenvalue weighted by molar-refractivity contribution is -0.124. The minimum atomic E-state index is 0.440. The van der Waals surface area contributed by atoms with Crippen LogP contribution in [-0.4, -0.2) is 43.0 Å². The van der Waals surface area contributed by atoms with E-state index < -0.39 is 0 Å². The second kappa shape index (κ2) is 3.81. The van der Waals surface area contributed by atoms with Gasteiger partial charge in [-0.1, -0.05) is 0 Å². The molecule has 16 heavy (non-hydrogen) atoms. The second-order valence-corrected chi connectivity index (χ2v) is 5.94. The second-order valence-electron chi connectivity index (χ2n) is 5.94.